The molecule has 0 unspecified atom stereocenters. The van der Waals surface area contributed by atoms with Gasteiger partial charge in [0.05, 0.1) is 17.5 Å². The molecule has 8 heteroatoms. The smallest absolute Gasteiger partial charge is 0.272 e. The van der Waals surface area contributed by atoms with Crippen LogP contribution in [0, 0.1) is 0 Å². The van der Waals surface area contributed by atoms with Gasteiger partial charge in [-0.05, 0) is 29.7 Å². The number of amides is 1. The monoisotopic (exact) mass is 399 g/mol. The van der Waals surface area contributed by atoms with Crippen molar-refractivity contribution < 1.29 is 13.2 Å². The second-order valence-electron chi connectivity index (χ2n) is 6.85. The number of hydrogen-bond acceptors (Lipinski definition) is 4. The van der Waals surface area contributed by atoms with Crippen LogP contribution in [0.25, 0.3) is 10.9 Å². The van der Waals surface area contributed by atoms with E-state index >= 15 is 0 Å². The number of para-hydroxylation sites is 2. The summed E-state index contributed by atoms with van der Waals surface area (Å²) >= 11 is 0. The number of rotatable bonds is 5. The molecule has 3 aromatic rings. The van der Waals surface area contributed by atoms with Crippen LogP contribution in [0.4, 0.5) is 11.4 Å². The number of nitrogens with one attached hydrogen (secondary N) is 3. The van der Waals surface area contributed by atoms with Crippen molar-refractivity contribution in [1.29, 1.82) is 0 Å². The van der Waals surface area contributed by atoms with Gasteiger partial charge in [0.2, 0.25) is 10.0 Å². The van der Waals surface area contributed by atoms with E-state index in [1.165, 1.54) is 12.1 Å². The largest absolute Gasteiger partial charge is 0.349 e. The summed E-state index contributed by atoms with van der Waals surface area (Å²) in [6, 6.07) is 13.3. The van der Waals surface area contributed by atoms with Gasteiger partial charge >= 0.3 is 0 Å². The summed E-state index contributed by atoms with van der Waals surface area (Å²) in [7, 11) is -3.55. The summed E-state index contributed by atoms with van der Waals surface area (Å²) in [4.78, 5) is 28.1. The Morgan fingerprint density at radius 2 is 1.71 bits per heavy atom. The lowest BCUT2D eigenvalue weighted by Crippen LogP contribution is -2.19. The highest BCUT2D eigenvalue weighted by molar-refractivity contribution is 7.92. The van der Waals surface area contributed by atoms with E-state index in [9.17, 15) is 18.0 Å². The molecule has 1 aromatic heterocycles. The molecule has 0 radical (unpaired) electrons. The zero-order valence-corrected chi connectivity index (χ0v) is 16.6. The minimum Gasteiger partial charge on any atom is -0.349 e. The van der Waals surface area contributed by atoms with Crippen molar-refractivity contribution in [2.75, 3.05) is 16.3 Å². The maximum atomic E-state index is 12.8. The summed E-state index contributed by atoms with van der Waals surface area (Å²) in [5.41, 5.74) is 1.74. The number of fused-ring (bicyclic) bond motifs is 1. The van der Waals surface area contributed by atoms with Crippen LogP contribution in [0.5, 0.6) is 0 Å². The fourth-order valence-electron chi connectivity index (χ4n) is 2.98. The molecule has 0 aliphatic rings. The average molecular weight is 399 g/mol. The van der Waals surface area contributed by atoms with Crippen LogP contribution in [-0.2, 0) is 10.0 Å². The molecule has 0 bridgehead atoms. The standard InChI is InChI=1S/C20H21N3O4S/c1-12(2)13-7-4-5-9-15(13)22-20(25)17-11-18(24)14-8-6-10-16(19(14)21-17)23-28(3,26)27/h4-12,23H,1-3H3,(H,21,24)(H,22,25). The Balaban J connectivity index is 2.05. The summed E-state index contributed by atoms with van der Waals surface area (Å²) in [6.07, 6.45) is 1.02. The van der Waals surface area contributed by atoms with E-state index in [2.05, 4.69) is 15.0 Å². The molecule has 28 heavy (non-hydrogen) atoms. The van der Waals surface area contributed by atoms with Crippen LogP contribution in [0.1, 0.15) is 35.8 Å². The summed E-state index contributed by atoms with van der Waals surface area (Å²) < 4.78 is 25.6. The lowest BCUT2D eigenvalue weighted by Gasteiger charge is -2.14. The van der Waals surface area contributed by atoms with E-state index in [0.717, 1.165) is 11.8 Å². The molecule has 0 fully saturated rings. The van der Waals surface area contributed by atoms with Gasteiger partial charge in [0.1, 0.15) is 5.69 Å². The topological polar surface area (TPSA) is 108 Å². The van der Waals surface area contributed by atoms with Crippen LogP contribution < -0.4 is 15.5 Å². The summed E-state index contributed by atoms with van der Waals surface area (Å²) in [5, 5.41) is 3.11. The molecule has 7 nitrogen and oxygen atoms in total. The molecule has 0 aliphatic heterocycles. The number of aromatic nitrogens is 1. The fraction of sp³-hybridized carbons (Fsp3) is 0.200. The number of pyridine rings is 1. The van der Waals surface area contributed by atoms with Crippen LogP contribution in [0.2, 0.25) is 0 Å². The van der Waals surface area contributed by atoms with Gasteiger partial charge in [-0.15, -0.1) is 0 Å². The van der Waals surface area contributed by atoms with Crippen molar-refractivity contribution >= 4 is 38.2 Å². The number of carbonyl (C=O) groups is 1. The quantitative estimate of drug-likeness (QED) is 0.612. The number of sulfonamides is 1. The Morgan fingerprint density at radius 3 is 2.39 bits per heavy atom. The zero-order valence-electron chi connectivity index (χ0n) is 15.7. The first kappa shape index (κ1) is 19.6. The Kier molecular flexibility index (Phi) is 5.24. The lowest BCUT2D eigenvalue weighted by molar-refractivity contribution is 0.102. The molecule has 0 saturated carbocycles. The normalized spacial score (nSPS) is 11.6. The minimum atomic E-state index is -3.55. The van der Waals surface area contributed by atoms with Gasteiger partial charge in [-0.25, -0.2) is 8.42 Å². The van der Waals surface area contributed by atoms with Gasteiger partial charge < -0.3 is 10.3 Å². The van der Waals surface area contributed by atoms with Gasteiger partial charge in [-0.2, -0.15) is 0 Å². The van der Waals surface area contributed by atoms with E-state index in [1.807, 2.05) is 32.0 Å². The van der Waals surface area contributed by atoms with Crippen molar-refractivity contribution in [3.63, 3.8) is 0 Å². The Labute approximate surface area is 162 Å². The van der Waals surface area contributed by atoms with Crippen molar-refractivity contribution in [3.05, 3.63) is 70.0 Å². The Hall–Kier alpha value is -3.13. The predicted octanol–water partition coefficient (Wildman–Crippen LogP) is 3.28. The highest BCUT2D eigenvalue weighted by atomic mass is 32.2. The van der Waals surface area contributed by atoms with Gasteiger partial charge in [-0.3, -0.25) is 14.3 Å². The molecule has 1 amide bonds. The molecule has 0 aliphatic carbocycles. The van der Waals surface area contributed by atoms with Crippen LogP contribution in [0.15, 0.2) is 53.3 Å². The summed E-state index contributed by atoms with van der Waals surface area (Å²) in [6.45, 7) is 4.04. The molecule has 2 aromatic carbocycles. The lowest BCUT2D eigenvalue weighted by atomic mass is 10.0. The van der Waals surface area contributed by atoms with E-state index < -0.39 is 15.9 Å². The van der Waals surface area contributed by atoms with Crippen LogP contribution >= 0.6 is 0 Å². The second-order valence-corrected chi connectivity index (χ2v) is 8.59. The third-order valence-electron chi connectivity index (χ3n) is 4.24. The van der Waals surface area contributed by atoms with Crippen molar-refractivity contribution in [1.82, 2.24) is 4.98 Å². The highest BCUT2D eigenvalue weighted by Crippen LogP contribution is 2.25. The molecule has 1 heterocycles. The van der Waals surface area contributed by atoms with E-state index in [-0.39, 0.29) is 33.6 Å². The van der Waals surface area contributed by atoms with Gasteiger partial charge in [-0.1, -0.05) is 38.1 Å². The van der Waals surface area contributed by atoms with E-state index in [1.54, 1.807) is 18.2 Å². The van der Waals surface area contributed by atoms with Gasteiger partial charge in [0.15, 0.2) is 5.43 Å². The molecule has 3 rings (SSSR count). The summed E-state index contributed by atoms with van der Waals surface area (Å²) in [5.74, 6) is -0.279. The predicted molar refractivity (Wildman–Crippen MR) is 112 cm³/mol. The molecule has 146 valence electrons. The van der Waals surface area contributed by atoms with Crippen LogP contribution in [0.3, 0.4) is 0 Å². The van der Waals surface area contributed by atoms with E-state index in [4.69, 9.17) is 0 Å². The Bertz CT molecular complexity index is 1210. The molecular weight excluding hydrogens is 378 g/mol. The number of hydrogen-bond donors (Lipinski definition) is 3. The fourth-order valence-corrected chi connectivity index (χ4v) is 3.55. The molecule has 0 spiro atoms. The van der Waals surface area contributed by atoms with E-state index in [0.29, 0.717) is 5.69 Å². The molecule has 3 N–H and O–H groups in total. The third-order valence-corrected chi connectivity index (χ3v) is 4.83. The van der Waals surface area contributed by atoms with Crippen LogP contribution in [-0.4, -0.2) is 25.6 Å². The number of carbonyl (C=O) groups excluding carboxylic acids is 1. The SMILES string of the molecule is CC(C)c1ccccc1NC(=O)c1cc(=O)c2cccc(NS(C)(=O)=O)c2[nH]1. The molecule has 0 atom stereocenters. The highest BCUT2D eigenvalue weighted by Gasteiger charge is 2.15. The maximum Gasteiger partial charge on any atom is 0.272 e. The first-order valence-electron chi connectivity index (χ1n) is 8.70. The number of anilines is 2. The maximum absolute atomic E-state index is 12.8. The van der Waals surface area contributed by atoms with Gasteiger partial charge in [0, 0.05) is 17.1 Å². The minimum absolute atomic E-state index is 0.0406. The van der Waals surface area contributed by atoms with Crippen molar-refractivity contribution in [2.24, 2.45) is 0 Å². The zero-order chi connectivity index (χ0) is 20.5. The van der Waals surface area contributed by atoms with Crippen molar-refractivity contribution in [3.8, 4) is 0 Å². The first-order valence-corrected chi connectivity index (χ1v) is 10.6. The molecule has 0 saturated heterocycles. The second kappa shape index (κ2) is 7.47. The van der Waals surface area contributed by atoms with Crippen molar-refractivity contribution in [2.45, 2.75) is 19.8 Å². The number of H-pyrrole nitrogens is 1. The average Bonchev–Trinajstić information content (AvgIpc) is 2.61. The number of benzene rings is 2. The third kappa shape index (κ3) is 4.23. The first-order chi connectivity index (χ1) is 13.2. The number of aromatic amines is 1. The van der Waals surface area contributed by atoms with Gasteiger partial charge in [0.25, 0.3) is 5.91 Å². The Morgan fingerprint density at radius 1 is 1.04 bits per heavy atom. The molecular formula is C20H21N3O4S.